The van der Waals surface area contributed by atoms with Gasteiger partial charge in [-0.2, -0.15) is 0 Å². The molecule has 0 spiro atoms. The first-order valence-corrected chi connectivity index (χ1v) is 9.62. The van der Waals surface area contributed by atoms with Gasteiger partial charge < -0.3 is 14.5 Å². The number of fused-ring (bicyclic) bond motifs is 1. The first-order valence-electron chi connectivity index (χ1n) is 9.62. The average molecular weight is 399 g/mol. The number of carbonyl (C=O) groups excluding carboxylic acids is 1. The normalized spacial score (nSPS) is 10.7. The van der Waals surface area contributed by atoms with Crippen molar-refractivity contribution in [3.63, 3.8) is 0 Å². The molecule has 0 aliphatic rings. The van der Waals surface area contributed by atoms with Crippen molar-refractivity contribution in [1.82, 2.24) is 0 Å². The van der Waals surface area contributed by atoms with Crippen molar-refractivity contribution in [2.75, 3.05) is 11.9 Å². The van der Waals surface area contributed by atoms with Gasteiger partial charge in [0.25, 0.3) is 5.91 Å². The summed E-state index contributed by atoms with van der Waals surface area (Å²) in [6.07, 6.45) is 0. The van der Waals surface area contributed by atoms with Crippen LogP contribution >= 0.6 is 0 Å². The molecule has 0 aliphatic heterocycles. The number of nitrogens with one attached hydrogen (secondary N) is 1. The van der Waals surface area contributed by atoms with E-state index in [1.807, 2.05) is 56.3 Å². The van der Waals surface area contributed by atoms with Gasteiger partial charge in [0, 0.05) is 11.1 Å². The molecule has 1 amide bonds. The van der Waals surface area contributed by atoms with Gasteiger partial charge in [-0.05, 0) is 66.9 Å². The minimum Gasteiger partial charge on any atom is -0.484 e. The van der Waals surface area contributed by atoms with Gasteiger partial charge in [-0.15, -0.1) is 0 Å². The minimum atomic E-state index is -0.421. The molecule has 1 N–H and O–H groups in total. The Morgan fingerprint density at radius 2 is 1.70 bits per heavy atom. The maximum atomic E-state index is 12.4. The van der Waals surface area contributed by atoms with E-state index in [9.17, 15) is 9.59 Å². The molecule has 3 aromatic carbocycles. The number of anilines is 1. The third-order valence-corrected chi connectivity index (χ3v) is 4.66. The van der Waals surface area contributed by atoms with Crippen LogP contribution in [0.4, 0.5) is 5.69 Å². The van der Waals surface area contributed by atoms with E-state index >= 15 is 0 Å². The van der Waals surface area contributed by atoms with Crippen LogP contribution in [0.3, 0.4) is 0 Å². The zero-order chi connectivity index (χ0) is 21.1. The molecule has 5 heteroatoms. The van der Waals surface area contributed by atoms with Crippen molar-refractivity contribution in [2.45, 2.75) is 13.8 Å². The largest absolute Gasteiger partial charge is 0.484 e. The van der Waals surface area contributed by atoms with Crippen LogP contribution in [0, 0.1) is 13.8 Å². The summed E-state index contributed by atoms with van der Waals surface area (Å²) in [6, 6.07) is 22.1. The second-order valence-corrected chi connectivity index (χ2v) is 7.23. The van der Waals surface area contributed by atoms with E-state index in [2.05, 4.69) is 5.32 Å². The van der Waals surface area contributed by atoms with Crippen LogP contribution in [0.15, 0.2) is 82.0 Å². The lowest BCUT2D eigenvalue weighted by molar-refractivity contribution is -0.118. The maximum Gasteiger partial charge on any atom is 0.344 e. The van der Waals surface area contributed by atoms with Crippen molar-refractivity contribution in [3.05, 3.63) is 94.3 Å². The number of para-hydroxylation sites is 1. The summed E-state index contributed by atoms with van der Waals surface area (Å²) in [6.45, 7) is 3.86. The van der Waals surface area contributed by atoms with Gasteiger partial charge in [0.1, 0.15) is 11.3 Å². The van der Waals surface area contributed by atoms with Gasteiger partial charge in [-0.25, -0.2) is 4.79 Å². The van der Waals surface area contributed by atoms with Crippen molar-refractivity contribution in [2.24, 2.45) is 0 Å². The molecule has 4 rings (SSSR count). The van der Waals surface area contributed by atoms with Gasteiger partial charge in [-0.1, -0.05) is 36.4 Å². The highest BCUT2D eigenvalue weighted by Gasteiger charge is 2.10. The van der Waals surface area contributed by atoms with Crippen LogP contribution in [0.2, 0.25) is 0 Å². The molecule has 150 valence electrons. The minimum absolute atomic E-state index is 0.106. The fraction of sp³-hybridized carbons (Fsp3) is 0.120. The lowest BCUT2D eigenvalue weighted by Gasteiger charge is -2.10. The molecular formula is C25H21NO4. The third kappa shape index (κ3) is 4.41. The number of rotatable bonds is 5. The number of amides is 1. The predicted octanol–water partition coefficient (Wildman–Crippen LogP) is 5.09. The second kappa shape index (κ2) is 8.25. The fourth-order valence-electron chi connectivity index (χ4n) is 3.39. The van der Waals surface area contributed by atoms with E-state index in [0.29, 0.717) is 28.1 Å². The molecule has 0 unspecified atom stereocenters. The standard InChI is InChI=1S/C25H21NO4/c1-16-10-17(2)12-21(11-16)29-15-24(27)26-20-8-5-7-18(13-20)22-14-19-6-3-4-9-23(19)30-25(22)28/h3-14H,15H2,1-2H3,(H,26,27). The van der Waals surface area contributed by atoms with Crippen LogP contribution in [0.25, 0.3) is 22.1 Å². The van der Waals surface area contributed by atoms with Gasteiger partial charge in [0.15, 0.2) is 6.61 Å². The number of hydrogen-bond donors (Lipinski definition) is 1. The van der Waals surface area contributed by atoms with Crippen molar-refractivity contribution in [1.29, 1.82) is 0 Å². The van der Waals surface area contributed by atoms with Crippen LogP contribution in [0.1, 0.15) is 11.1 Å². The van der Waals surface area contributed by atoms with Crippen molar-refractivity contribution in [3.8, 4) is 16.9 Å². The van der Waals surface area contributed by atoms with Crippen LogP contribution in [-0.2, 0) is 4.79 Å². The van der Waals surface area contributed by atoms with Crippen LogP contribution < -0.4 is 15.7 Å². The van der Waals surface area contributed by atoms with E-state index in [1.165, 1.54) is 0 Å². The topological polar surface area (TPSA) is 68.5 Å². The second-order valence-electron chi connectivity index (χ2n) is 7.23. The molecule has 0 bridgehead atoms. The van der Waals surface area contributed by atoms with E-state index < -0.39 is 5.63 Å². The summed E-state index contributed by atoms with van der Waals surface area (Å²) in [4.78, 5) is 24.7. The van der Waals surface area contributed by atoms with Gasteiger partial charge in [0.05, 0.1) is 5.56 Å². The predicted molar refractivity (Wildman–Crippen MR) is 118 cm³/mol. The Bertz CT molecular complexity index is 1270. The smallest absolute Gasteiger partial charge is 0.344 e. The van der Waals surface area contributed by atoms with Crippen LogP contribution in [-0.4, -0.2) is 12.5 Å². The SMILES string of the molecule is Cc1cc(C)cc(OCC(=O)Nc2cccc(-c3cc4ccccc4oc3=O)c2)c1. The Kier molecular flexibility index (Phi) is 5.35. The fourth-order valence-corrected chi connectivity index (χ4v) is 3.39. The highest BCUT2D eigenvalue weighted by Crippen LogP contribution is 2.23. The Morgan fingerprint density at radius 1 is 0.933 bits per heavy atom. The lowest BCUT2D eigenvalue weighted by atomic mass is 10.1. The Hall–Kier alpha value is -3.86. The summed E-state index contributed by atoms with van der Waals surface area (Å²) < 4.78 is 11.0. The van der Waals surface area contributed by atoms with Gasteiger partial charge >= 0.3 is 5.63 Å². The molecule has 5 nitrogen and oxygen atoms in total. The average Bonchev–Trinajstić information content (AvgIpc) is 2.71. The molecule has 30 heavy (non-hydrogen) atoms. The first-order chi connectivity index (χ1) is 14.5. The molecule has 4 aromatic rings. The van der Waals surface area contributed by atoms with E-state index in [4.69, 9.17) is 9.15 Å². The first kappa shape index (κ1) is 19.5. The van der Waals surface area contributed by atoms with Crippen molar-refractivity contribution < 1.29 is 13.9 Å². The zero-order valence-electron chi connectivity index (χ0n) is 16.8. The number of carbonyl (C=O) groups is 1. The third-order valence-electron chi connectivity index (χ3n) is 4.66. The summed E-state index contributed by atoms with van der Waals surface area (Å²) in [5.41, 5.74) is 3.96. The van der Waals surface area contributed by atoms with Crippen molar-refractivity contribution >= 4 is 22.6 Å². The highest BCUT2D eigenvalue weighted by molar-refractivity contribution is 5.92. The molecule has 0 aliphatic carbocycles. The number of aryl methyl sites for hydroxylation is 2. The molecule has 0 radical (unpaired) electrons. The van der Waals surface area contributed by atoms with Crippen LogP contribution in [0.5, 0.6) is 5.75 Å². The Labute approximate surface area is 173 Å². The zero-order valence-corrected chi connectivity index (χ0v) is 16.8. The highest BCUT2D eigenvalue weighted by atomic mass is 16.5. The lowest BCUT2D eigenvalue weighted by Crippen LogP contribution is -2.20. The van der Waals surface area contributed by atoms with E-state index in [-0.39, 0.29) is 12.5 Å². The number of hydrogen-bond acceptors (Lipinski definition) is 4. The molecule has 0 fully saturated rings. The van der Waals surface area contributed by atoms with Gasteiger partial charge in [-0.3, -0.25) is 4.79 Å². The summed E-state index contributed by atoms with van der Waals surface area (Å²) in [5, 5.41) is 3.65. The number of benzene rings is 3. The summed E-state index contributed by atoms with van der Waals surface area (Å²) in [7, 11) is 0. The molecule has 0 saturated heterocycles. The number of ether oxygens (including phenoxy) is 1. The quantitative estimate of drug-likeness (QED) is 0.475. The molecule has 1 heterocycles. The van der Waals surface area contributed by atoms with E-state index in [1.54, 1.807) is 30.3 Å². The van der Waals surface area contributed by atoms with E-state index in [0.717, 1.165) is 16.5 Å². The summed E-state index contributed by atoms with van der Waals surface area (Å²) in [5.74, 6) is 0.377. The Morgan fingerprint density at radius 3 is 2.50 bits per heavy atom. The Balaban J connectivity index is 1.50. The van der Waals surface area contributed by atoms with Gasteiger partial charge in [0.2, 0.25) is 0 Å². The summed E-state index contributed by atoms with van der Waals surface area (Å²) >= 11 is 0. The molecule has 0 saturated carbocycles. The molecule has 1 aromatic heterocycles. The maximum absolute atomic E-state index is 12.4. The molecular weight excluding hydrogens is 378 g/mol. The molecule has 0 atom stereocenters. The monoisotopic (exact) mass is 399 g/mol.